The third-order valence-corrected chi connectivity index (χ3v) is 4.50. The Labute approximate surface area is 140 Å². The van der Waals surface area contributed by atoms with Crippen molar-refractivity contribution < 1.29 is 14.7 Å². The van der Waals surface area contributed by atoms with Gasteiger partial charge in [-0.15, -0.1) is 0 Å². The van der Waals surface area contributed by atoms with Crippen molar-refractivity contribution in [3.63, 3.8) is 0 Å². The lowest BCUT2D eigenvalue weighted by molar-refractivity contribution is -0.141. The van der Waals surface area contributed by atoms with E-state index in [-0.39, 0.29) is 12.3 Å². The molecule has 24 heavy (non-hydrogen) atoms. The maximum atomic E-state index is 12.2. The molecule has 5 nitrogen and oxygen atoms in total. The number of aromatic amines is 1. The van der Waals surface area contributed by atoms with E-state index in [9.17, 15) is 14.7 Å². The minimum atomic E-state index is -1.01. The van der Waals surface area contributed by atoms with E-state index < -0.39 is 12.0 Å². The van der Waals surface area contributed by atoms with Gasteiger partial charge >= 0.3 is 5.97 Å². The Morgan fingerprint density at radius 1 is 1.25 bits per heavy atom. The maximum Gasteiger partial charge on any atom is 0.326 e. The Balaban J connectivity index is 1.67. The SMILES string of the molecule is O=C(CC1=CCCCC1)NC(Cc1c[nH]c2ccccc12)C(=O)O. The van der Waals surface area contributed by atoms with Gasteiger partial charge in [0.05, 0.1) is 0 Å². The van der Waals surface area contributed by atoms with Crippen LogP contribution in [0.1, 0.15) is 37.7 Å². The van der Waals surface area contributed by atoms with Gasteiger partial charge < -0.3 is 15.4 Å². The molecular formula is C19H22N2O3. The molecule has 0 bridgehead atoms. The average Bonchev–Trinajstić information content (AvgIpc) is 2.98. The van der Waals surface area contributed by atoms with Gasteiger partial charge in [-0.3, -0.25) is 4.79 Å². The summed E-state index contributed by atoms with van der Waals surface area (Å²) < 4.78 is 0. The molecule has 3 rings (SSSR count). The summed E-state index contributed by atoms with van der Waals surface area (Å²) in [4.78, 5) is 26.9. The number of nitrogens with one attached hydrogen (secondary N) is 2. The lowest BCUT2D eigenvalue weighted by Crippen LogP contribution is -2.42. The number of carboxylic acids is 1. The number of carbonyl (C=O) groups is 2. The number of allylic oxidation sites excluding steroid dienone is 1. The monoisotopic (exact) mass is 326 g/mol. The number of para-hydroxylation sites is 1. The van der Waals surface area contributed by atoms with E-state index in [0.29, 0.717) is 6.42 Å². The van der Waals surface area contributed by atoms with Gasteiger partial charge in [0.1, 0.15) is 6.04 Å². The number of rotatable bonds is 6. The minimum Gasteiger partial charge on any atom is -0.480 e. The van der Waals surface area contributed by atoms with Crippen molar-refractivity contribution in [3.05, 3.63) is 47.7 Å². The first-order valence-electron chi connectivity index (χ1n) is 8.38. The Morgan fingerprint density at radius 3 is 2.83 bits per heavy atom. The summed E-state index contributed by atoms with van der Waals surface area (Å²) in [5.41, 5.74) is 2.99. The molecule has 3 N–H and O–H groups in total. The minimum absolute atomic E-state index is 0.213. The van der Waals surface area contributed by atoms with E-state index in [1.54, 1.807) is 0 Å². The van der Waals surface area contributed by atoms with Crippen molar-refractivity contribution in [1.29, 1.82) is 0 Å². The highest BCUT2D eigenvalue weighted by Gasteiger charge is 2.22. The van der Waals surface area contributed by atoms with Crippen molar-refractivity contribution >= 4 is 22.8 Å². The van der Waals surface area contributed by atoms with Crippen LogP contribution in [0.4, 0.5) is 0 Å². The van der Waals surface area contributed by atoms with E-state index in [2.05, 4.69) is 16.4 Å². The van der Waals surface area contributed by atoms with Gasteiger partial charge in [-0.05, 0) is 37.3 Å². The second kappa shape index (κ2) is 7.34. The first kappa shape index (κ1) is 16.3. The highest BCUT2D eigenvalue weighted by molar-refractivity contribution is 5.87. The van der Waals surface area contributed by atoms with Crippen LogP contribution < -0.4 is 5.32 Å². The zero-order chi connectivity index (χ0) is 16.9. The third kappa shape index (κ3) is 3.85. The summed E-state index contributed by atoms with van der Waals surface area (Å²) >= 11 is 0. The van der Waals surface area contributed by atoms with Crippen LogP contribution in [-0.2, 0) is 16.0 Å². The number of carbonyl (C=O) groups excluding carboxylic acids is 1. The number of H-pyrrole nitrogens is 1. The van der Waals surface area contributed by atoms with E-state index in [1.165, 1.54) is 6.42 Å². The van der Waals surface area contributed by atoms with Crippen LogP contribution in [0.25, 0.3) is 10.9 Å². The molecule has 1 heterocycles. The number of amides is 1. The number of hydrogen-bond donors (Lipinski definition) is 3. The fourth-order valence-electron chi connectivity index (χ4n) is 3.24. The topological polar surface area (TPSA) is 82.2 Å². The molecular weight excluding hydrogens is 304 g/mol. The number of hydrogen-bond acceptors (Lipinski definition) is 2. The number of aromatic nitrogens is 1. The second-order valence-electron chi connectivity index (χ2n) is 6.31. The summed E-state index contributed by atoms with van der Waals surface area (Å²) in [7, 11) is 0. The van der Waals surface area contributed by atoms with Crippen LogP contribution in [0.15, 0.2) is 42.1 Å². The zero-order valence-corrected chi connectivity index (χ0v) is 13.5. The molecule has 0 fully saturated rings. The number of benzene rings is 1. The number of fused-ring (bicyclic) bond motifs is 1. The van der Waals surface area contributed by atoms with Crippen LogP contribution in [0.3, 0.4) is 0 Å². The number of aliphatic carboxylic acids is 1. The standard InChI is InChI=1S/C19H22N2O3/c22-18(10-13-6-2-1-3-7-13)21-17(19(23)24)11-14-12-20-16-9-5-4-8-15(14)16/h4-6,8-9,12,17,20H,1-3,7,10-11H2,(H,21,22)(H,23,24). The summed E-state index contributed by atoms with van der Waals surface area (Å²) in [6, 6.07) is 6.83. The molecule has 5 heteroatoms. The second-order valence-corrected chi connectivity index (χ2v) is 6.31. The zero-order valence-electron chi connectivity index (χ0n) is 13.5. The largest absolute Gasteiger partial charge is 0.480 e. The third-order valence-electron chi connectivity index (χ3n) is 4.50. The Kier molecular flexibility index (Phi) is 4.99. The van der Waals surface area contributed by atoms with Gasteiger partial charge in [0, 0.05) is 29.9 Å². The van der Waals surface area contributed by atoms with Crippen molar-refractivity contribution in [1.82, 2.24) is 10.3 Å². The Hall–Kier alpha value is -2.56. The Morgan fingerprint density at radius 2 is 2.08 bits per heavy atom. The van der Waals surface area contributed by atoms with E-state index >= 15 is 0 Å². The molecule has 1 amide bonds. The van der Waals surface area contributed by atoms with Crippen LogP contribution in [0.5, 0.6) is 0 Å². The van der Waals surface area contributed by atoms with Crippen molar-refractivity contribution in [2.24, 2.45) is 0 Å². The summed E-state index contributed by atoms with van der Waals surface area (Å²) in [5, 5.41) is 13.1. The summed E-state index contributed by atoms with van der Waals surface area (Å²) in [5.74, 6) is -1.22. The van der Waals surface area contributed by atoms with Gasteiger partial charge in [0.15, 0.2) is 0 Å². The predicted octanol–water partition coefficient (Wildman–Crippen LogP) is 3.17. The first-order chi connectivity index (χ1) is 11.6. The van der Waals surface area contributed by atoms with Gasteiger partial charge in [-0.25, -0.2) is 4.79 Å². The molecule has 1 aromatic carbocycles. The van der Waals surface area contributed by atoms with Gasteiger partial charge in [-0.2, -0.15) is 0 Å². The molecule has 0 radical (unpaired) electrons. The van der Waals surface area contributed by atoms with E-state index in [1.807, 2.05) is 30.5 Å². The highest BCUT2D eigenvalue weighted by Crippen LogP contribution is 2.21. The lowest BCUT2D eigenvalue weighted by atomic mass is 9.97. The van der Waals surface area contributed by atoms with Crippen LogP contribution in [0.2, 0.25) is 0 Å². The van der Waals surface area contributed by atoms with Crippen LogP contribution >= 0.6 is 0 Å². The number of carboxylic acid groups (broad SMARTS) is 1. The molecule has 0 aliphatic heterocycles. The van der Waals surface area contributed by atoms with Crippen molar-refractivity contribution in [3.8, 4) is 0 Å². The molecule has 0 spiro atoms. The molecule has 0 saturated heterocycles. The maximum absolute atomic E-state index is 12.2. The molecule has 0 saturated carbocycles. The molecule has 1 aromatic heterocycles. The summed E-state index contributed by atoms with van der Waals surface area (Å²) in [6.07, 6.45) is 8.73. The van der Waals surface area contributed by atoms with Gasteiger partial charge in [0.25, 0.3) is 0 Å². The van der Waals surface area contributed by atoms with Crippen LogP contribution in [0, 0.1) is 0 Å². The molecule has 2 aromatic rings. The molecule has 126 valence electrons. The quantitative estimate of drug-likeness (QED) is 0.713. The molecule has 1 unspecified atom stereocenters. The van der Waals surface area contributed by atoms with E-state index in [0.717, 1.165) is 41.3 Å². The fraction of sp³-hybridized carbons (Fsp3) is 0.368. The normalized spacial score (nSPS) is 15.8. The average molecular weight is 326 g/mol. The molecule has 1 atom stereocenters. The Bertz CT molecular complexity index is 776. The van der Waals surface area contributed by atoms with E-state index in [4.69, 9.17) is 0 Å². The van der Waals surface area contributed by atoms with Crippen molar-refractivity contribution in [2.75, 3.05) is 0 Å². The molecule has 1 aliphatic rings. The van der Waals surface area contributed by atoms with Crippen molar-refractivity contribution in [2.45, 2.75) is 44.6 Å². The van der Waals surface area contributed by atoms with Gasteiger partial charge in [-0.1, -0.05) is 29.8 Å². The molecule has 1 aliphatic carbocycles. The fourth-order valence-corrected chi connectivity index (χ4v) is 3.24. The van der Waals surface area contributed by atoms with Gasteiger partial charge in [0.2, 0.25) is 5.91 Å². The van der Waals surface area contributed by atoms with Crippen LogP contribution in [-0.4, -0.2) is 28.0 Å². The summed E-state index contributed by atoms with van der Waals surface area (Å²) in [6.45, 7) is 0. The smallest absolute Gasteiger partial charge is 0.326 e. The highest BCUT2D eigenvalue weighted by atomic mass is 16.4. The lowest BCUT2D eigenvalue weighted by Gasteiger charge is -2.16. The predicted molar refractivity (Wildman–Crippen MR) is 92.7 cm³/mol. The first-order valence-corrected chi connectivity index (χ1v) is 8.38.